The molecule has 2 rings (SSSR count). The molecule has 19 heavy (non-hydrogen) atoms. The predicted octanol–water partition coefficient (Wildman–Crippen LogP) is 0.823. The van der Waals surface area contributed by atoms with Crippen LogP contribution in [0.1, 0.15) is 5.56 Å². The highest BCUT2D eigenvalue weighted by molar-refractivity contribution is 6.13. The Hall–Kier alpha value is -2.90. The van der Waals surface area contributed by atoms with Crippen molar-refractivity contribution in [1.82, 2.24) is 10.2 Å². The van der Waals surface area contributed by atoms with E-state index in [-0.39, 0.29) is 5.70 Å². The van der Waals surface area contributed by atoms with Crippen molar-refractivity contribution in [3.63, 3.8) is 0 Å². The Labute approximate surface area is 107 Å². The second-order valence-electron chi connectivity index (χ2n) is 3.86. The number of imide groups is 1. The minimum Gasteiger partial charge on any atom is -0.502 e. The van der Waals surface area contributed by atoms with Gasteiger partial charge in [0.25, 0.3) is 5.91 Å². The number of hydrogen-bond donors (Lipinski definition) is 2. The quantitative estimate of drug-likeness (QED) is 0.355. The molecule has 8 heteroatoms. The predicted molar refractivity (Wildman–Crippen MR) is 64.0 cm³/mol. The molecule has 0 atom stereocenters. The van der Waals surface area contributed by atoms with Gasteiger partial charge in [-0.2, -0.15) is 0 Å². The Morgan fingerprint density at radius 1 is 1.42 bits per heavy atom. The summed E-state index contributed by atoms with van der Waals surface area (Å²) in [6.07, 6.45) is 1.30. The van der Waals surface area contributed by atoms with Gasteiger partial charge >= 0.3 is 11.7 Å². The maximum atomic E-state index is 11.6. The number of phenolic OH excluding ortho intramolecular Hbond substituents is 1. The maximum absolute atomic E-state index is 11.6. The molecule has 0 aromatic heterocycles. The molecule has 98 valence electrons. The number of nitro groups is 1. The number of benzene rings is 1. The summed E-state index contributed by atoms with van der Waals surface area (Å²) in [5, 5.41) is 22.3. The second-order valence-corrected chi connectivity index (χ2v) is 3.86. The third kappa shape index (κ3) is 2.23. The third-order valence-electron chi connectivity index (χ3n) is 2.59. The Morgan fingerprint density at radius 3 is 2.63 bits per heavy atom. The van der Waals surface area contributed by atoms with Crippen LogP contribution < -0.4 is 5.32 Å². The van der Waals surface area contributed by atoms with Crippen LogP contribution >= 0.6 is 0 Å². The molecular weight excluding hydrogens is 254 g/mol. The molecule has 8 nitrogen and oxygen atoms in total. The molecule has 1 fully saturated rings. The van der Waals surface area contributed by atoms with Crippen LogP contribution in [0, 0.1) is 10.1 Å². The SMILES string of the molecule is CN1C(=O)N/C(=C/c2ccc(O)c([N+](=O)[O-])c2)C1=O. The first-order valence-electron chi connectivity index (χ1n) is 5.18. The number of nitrogens with zero attached hydrogens (tertiary/aromatic N) is 2. The molecule has 0 saturated carbocycles. The van der Waals surface area contributed by atoms with Gasteiger partial charge in [0.1, 0.15) is 5.70 Å². The van der Waals surface area contributed by atoms with Crippen LogP contribution in [0.15, 0.2) is 23.9 Å². The fraction of sp³-hybridized carbons (Fsp3) is 0.0909. The van der Waals surface area contributed by atoms with E-state index in [1.165, 1.54) is 19.2 Å². The van der Waals surface area contributed by atoms with E-state index in [0.29, 0.717) is 5.56 Å². The number of urea groups is 1. The second kappa shape index (κ2) is 4.41. The lowest BCUT2D eigenvalue weighted by Gasteiger charge is -2.00. The number of amides is 3. The van der Waals surface area contributed by atoms with Crippen LogP contribution in [0.3, 0.4) is 0 Å². The first-order chi connectivity index (χ1) is 8.90. The Balaban J connectivity index is 2.39. The molecule has 3 amide bonds. The van der Waals surface area contributed by atoms with Gasteiger partial charge in [-0.15, -0.1) is 0 Å². The average Bonchev–Trinajstić information content (AvgIpc) is 2.59. The zero-order valence-corrected chi connectivity index (χ0v) is 9.78. The molecule has 0 unspecified atom stereocenters. The molecule has 1 aliphatic rings. The van der Waals surface area contributed by atoms with Gasteiger partial charge in [-0.25, -0.2) is 4.79 Å². The van der Waals surface area contributed by atoms with Crippen molar-refractivity contribution < 1.29 is 19.6 Å². The van der Waals surface area contributed by atoms with Crippen molar-refractivity contribution in [2.75, 3.05) is 7.05 Å². The highest BCUT2D eigenvalue weighted by Crippen LogP contribution is 2.27. The number of nitro benzene ring substituents is 1. The summed E-state index contributed by atoms with van der Waals surface area (Å²) in [7, 11) is 1.32. The van der Waals surface area contributed by atoms with E-state index in [1.54, 1.807) is 0 Å². The molecule has 1 aromatic carbocycles. The topological polar surface area (TPSA) is 113 Å². The summed E-state index contributed by atoms with van der Waals surface area (Å²) in [4.78, 5) is 33.6. The zero-order chi connectivity index (χ0) is 14.2. The molecule has 0 aliphatic carbocycles. The lowest BCUT2D eigenvalue weighted by atomic mass is 10.1. The number of nitrogens with one attached hydrogen (secondary N) is 1. The summed E-state index contributed by atoms with van der Waals surface area (Å²) in [6.45, 7) is 0. The summed E-state index contributed by atoms with van der Waals surface area (Å²) in [6, 6.07) is 3.09. The molecule has 1 aliphatic heterocycles. The van der Waals surface area contributed by atoms with Gasteiger partial charge in [0.2, 0.25) is 0 Å². The van der Waals surface area contributed by atoms with Gasteiger partial charge in [-0.1, -0.05) is 6.07 Å². The van der Waals surface area contributed by atoms with Crippen LogP contribution in [-0.4, -0.2) is 33.9 Å². The van der Waals surface area contributed by atoms with Gasteiger partial charge in [-0.3, -0.25) is 19.8 Å². The van der Waals surface area contributed by atoms with Crippen molar-refractivity contribution in [3.8, 4) is 5.75 Å². The van der Waals surface area contributed by atoms with Gasteiger partial charge in [0.15, 0.2) is 5.75 Å². The van der Waals surface area contributed by atoms with Gasteiger partial charge in [0.05, 0.1) is 4.92 Å². The number of hydrogen-bond acceptors (Lipinski definition) is 5. The van der Waals surface area contributed by atoms with Crippen molar-refractivity contribution >= 4 is 23.7 Å². The number of carbonyl (C=O) groups excluding carboxylic acids is 2. The van der Waals surface area contributed by atoms with E-state index in [0.717, 1.165) is 17.0 Å². The molecule has 1 aromatic rings. The van der Waals surface area contributed by atoms with Gasteiger partial charge in [-0.05, 0) is 17.7 Å². The number of phenols is 1. The van der Waals surface area contributed by atoms with E-state index >= 15 is 0 Å². The van der Waals surface area contributed by atoms with Crippen molar-refractivity contribution in [2.45, 2.75) is 0 Å². The fourth-order valence-corrected chi connectivity index (χ4v) is 1.57. The third-order valence-corrected chi connectivity index (χ3v) is 2.59. The van der Waals surface area contributed by atoms with Crippen LogP contribution in [0.5, 0.6) is 5.75 Å². The van der Waals surface area contributed by atoms with E-state index in [1.807, 2.05) is 0 Å². The van der Waals surface area contributed by atoms with Gasteiger partial charge in [0, 0.05) is 13.1 Å². The molecule has 0 bridgehead atoms. The maximum Gasteiger partial charge on any atom is 0.328 e. The fourth-order valence-electron chi connectivity index (χ4n) is 1.57. The monoisotopic (exact) mass is 263 g/mol. The largest absolute Gasteiger partial charge is 0.502 e. The van der Waals surface area contributed by atoms with E-state index in [9.17, 15) is 24.8 Å². The zero-order valence-electron chi connectivity index (χ0n) is 9.78. The van der Waals surface area contributed by atoms with Crippen LogP contribution in [0.25, 0.3) is 6.08 Å². The van der Waals surface area contributed by atoms with Gasteiger partial charge < -0.3 is 10.4 Å². The minimum atomic E-state index is -0.738. The number of aromatic hydroxyl groups is 1. The molecule has 1 heterocycles. The molecule has 1 saturated heterocycles. The van der Waals surface area contributed by atoms with E-state index in [4.69, 9.17) is 0 Å². The van der Waals surface area contributed by atoms with Crippen molar-refractivity contribution in [3.05, 3.63) is 39.6 Å². The van der Waals surface area contributed by atoms with Crippen LogP contribution in [-0.2, 0) is 4.79 Å². The first-order valence-corrected chi connectivity index (χ1v) is 5.18. The normalized spacial score (nSPS) is 16.9. The Bertz CT molecular complexity index is 623. The highest BCUT2D eigenvalue weighted by Gasteiger charge is 2.30. The summed E-state index contributed by atoms with van der Waals surface area (Å²) >= 11 is 0. The summed E-state index contributed by atoms with van der Waals surface area (Å²) in [5.74, 6) is -0.994. The number of likely N-dealkylation sites (N-methyl/N-ethyl adjacent to an activating group) is 1. The first kappa shape index (κ1) is 12.6. The minimum absolute atomic E-state index is 0.0208. The Morgan fingerprint density at radius 2 is 2.11 bits per heavy atom. The van der Waals surface area contributed by atoms with E-state index < -0.39 is 28.3 Å². The van der Waals surface area contributed by atoms with Crippen LogP contribution in [0.2, 0.25) is 0 Å². The highest BCUT2D eigenvalue weighted by atomic mass is 16.6. The number of carbonyl (C=O) groups is 2. The standard InChI is InChI=1S/C11H9N3O5/c1-13-10(16)7(12-11(13)17)4-6-2-3-9(15)8(5-6)14(18)19/h2-5,15H,1H3,(H,12,17)/b7-4+. The molecule has 2 N–H and O–H groups in total. The Kier molecular flexibility index (Phi) is 2.91. The smallest absolute Gasteiger partial charge is 0.328 e. The van der Waals surface area contributed by atoms with Crippen molar-refractivity contribution in [1.29, 1.82) is 0 Å². The molecular formula is C11H9N3O5. The van der Waals surface area contributed by atoms with E-state index in [2.05, 4.69) is 5.32 Å². The lowest BCUT2D eigenvalue weighted by molar-refractivity contribution is -0.385. The summed E-state index contributed by atoms with van der Waals surface area (Å²) in [5.41, 5.74) is -0.129. The molecule has 0 spiro atoms. The molecule has 0 radical (unpaired) electrons. The van der Waals surface area contributed by atoms with Crippen molar-refractivity contribution in [2.24, 2.45) is 0 Å². The lowest BCUT2D eigenvalue weighted by Crippen LogP contribution is -2.25. The summed E-state index contributed by atoms with van der Waals surface area (Å²) < 4.78 is 0. The number of rotatable bonds is 2. The average molecular weight is 263 g/mol. The van der Waals surface area contributed by atoms with Crippen LogP contribution in [0.4, 0.5) is 10.5 Å².